The summed E-state index contributed by atoms with van der Waals surface area (Å²) in [4.78, 5) is 0. The zero-order valence-corrected chi connectivity index (χ0v) is 8.59. The first kappa shape index (κ1) is 11.5. The molecule has 0 aliphatic heterocycles. The Balaban J connectivity index is 4.02. The molecule has 70 valence electrons. The summed E-state index contributed by atoms with van der Waals surface area (Å²) in [6, 6.07) is 0. The lowest BCUT2D eigenvalue weighted by molar-refractivity contribution is 0.323. The summed E-state index contributed by atoms with van der Waals surface area (Å²) in [5, 5.41) is 0. The largest absolute Gasteiger partial charge is 0.436 e. The van der Waals surface area contributed by atoms with Crippen LogP contribution in [0.25, 0.3) is 0 Å². The minimum Gasteiger partial charge on any atom is -0.436 e. The highest BCUT2D eigenvalue weighted by molar-refractivity contribution is 7.44. The standard InChI is InChI=1S/C8H16NO2P/c1-5-9(6-2)12(10-7-3)11-8-4/h7-8H,3-6H2,1-2H3. The van der Waals surface area contributed by atoms with E-state index < -0.39 is 8.53 Å². The van der Waals surface area contributed by atoms with E-state index in [-0.39, 0.29) is 0 Å². The maximum Gasteiger partial charge on any atom is 0.383 e. The van der Waals surface area contributed by atoms with Crippen LogP contribution >= 0.6 is 8.53 Å². The van der Waals surface area contributed by atoms with E-state index in [1.165, 1.54) is 12.5 Å². The minimum atomic E-state index is -1.03. The molecule has 0 N–H and O–H groups in total. The van der Waals surface area contributed by atoms with Crippen LogP contribution in [0.4, 0.5) is 0 Å². The third-order valence-corrected chi connectivity index (χ3v) is 2.98. The fourth-order valence-electron chi connectivity index (χ4n) is 0.740. The zero-order chi connectivity index (χ0) is 9.40. The highest BCUT2D eigenvalue weighted by atomic mass is 31.2. The Morgan fingerprint density at radius 1 is 1.17 bits per heavy atom. The lowest BCUT2D eigenvalue weighted by atomic mass is 10.7. The molecule has 0 aliphatic carbocycles. The van der Waals surface area contributed by atoms with Gasteiger partial charge in [0.2, 0.25) is 0 Å². The Hall–Kier alpha value is -0.530. The minimum absolute atomic E-state index is 0.893. The van der Waals surface area contributed by atoms with Crippen molar-refractivity contribution in [3.8, 4) is 0 Å². The molecule has 0 fully saturated rings. The molecule has 0 aromatic rings. The first-order valence-corrected chi connectivity index (χ1v) is 5.03. The molecule has 0 amide bonds. The van der Waals surface area contributed by atoms with E-state index in [2.05, 4.69) is 31.7 Å². The van der Waals surface area contributed by atoms with Gasteiger partial charge in [-0.1, -0.05) is 27.0 Å². The SMILES string of the molecule is C=COP(OC=C)N(CC)CC. The molecule has 0 saturated heterocycles. The molecule has 0 saturated carbocycles. The van der Waals surface area contributed by atoms with Gasteiger partial charge in [0.15, 0.2) is 0 Å². The lowest BCUT2D eigenvalue weighted by Gasteiger charge is -2.24. The van der Waals surface area contributed by atoms with E-state index in [1.807, 2.05) is 0 Å². The first-order chi connectivity index (χ1) is 5.79. The van der Waals surface area contributed by atoms with Crippen LogP contribution in [0.1, 0.15) is 13.8 Å². The second-order valence-corrected chi connectivity index (χ2v) is 3.38. The van der Waals surface area contributed by atoms with Gasteiger partial charge < -0.3 is 9.05 Å². The van der Waals surface area contributed by atoms with Gasteiger partial charge in [0.05, 0.1) is 12.5 Å². The van der Waals surface area contributed by atoms with E-state index in [0.29, 0.717) is 0 Å². The molecule has 0 unspecified atom stereocenters. The molecular formula is C8H16NO2P. The summed E-state index contributed by atoms with van der Waals surface area (Å²) in [6.45, 7) is 12.9. The van der Waals surface area contributed by atoms with Crippen LogP contribution in [0.3, 0.4) is 0 Å². The average molecular weight is 189 g/mol. The summed E-state index contributed by atoms with van der Waals surface area (Å²) in [6.07, 6.45) is 2.79. The molecule has 3 nitrogen and oxygen atoms in total. The van der Waals surface area contributed by atoms with Gasteiger partial charge in [-0.15, -0.1) is 0 Å². The van der Waals surface area contributed by atoms with Crippen LogP contribution in [0.5, 0.6) is 0 Å². The second kappa shape index (κ2) is 7.14. The highest BCUT2D eigenvalue weighted by Crippen LogP contribution is 2.42. The van der Waals surface area contributed by atoms with Crippen LogP contribution < -0.4 is 0 Å². The van der Waals surface area contributed by atoms with Gasteiger partial charge in [0.1, 0.15) is 0 Å². The third kappa shape index (κ3) is 3.74. The number of nitrogens with zero attached hydrogens (tertiary/aromatic N) is 1. The van der Waals surface area contributed by atoms with E-state index in [0.717, 1.165) is 13.1 Å². The molecule has 0 radical (unpaired) electrons. The van der Waals surface area contributed by atoms with Gasteiger partial charge in [0, 0.05) is 13.1 Å². The van der Waals surface area contributed by atoms with Crippen LogP contribution in [-0.4, -0.2) is 17.8 Å². The Morgan fingerprint density at radius 2 is 1.58 bits per heavy atom. The molecule has 0 rings (SSSR count). The van der Waals surface area contributed by atoms with Gasteiger partial charge in [-0.3, -0.25) is 0 Å². The Labute approximate surface area is 75.6 Å². The van der Waals surface area contributed by atoms with Crippen molar-refractivity contribution < 1.29 is 9.05 Å². The number of hydrogen-bond acceptors (Lipinski definition) is 3. The van der Waals surface area contributed by atoms with Crippen molar-refractivity contribution in [3.05, 3.63) is 25.7 Å². The molecule has 0 aromatic carbocycles. The van der Waals surface area contributed by atoms with Crippen molar-refractivity contribution in [2.24, 2.45) is 0 Å². The smallest absolute Gasteiger partial charge is 0.383 e. The van der Waals surface area contributed by atoms with Crippen molar-refractivity contribution in [3.63, 3.8) is 0 Å². The summed E-state index contributed by atoms with van der Waals surface area (Å²) in [5.74, 6) is 0. The van der Waals surface area contributed by atoms with Crippen LogP contribution in [0, 0.1) is 0 Å². The Bertz CT molecular complexity index is 127. The Kier molecular flexibility index (Phi) is 6.82. The molecule has 0 atom stereocenters. The normalized spacial score (nSPS) is 10.0. The van der Waals surface area contributed by atoms with Crippen LogP contribution in [-0.2, 0) is 9.05 Å². The van der Waals surface area contributed by atoms with E-state index in [9.17, 15) is 0 Å². The van der Waals surface area contributed by atoms with Crippen molar-refractivity contribution >= 4 is 8.53 Å². The van der Waals surface area contributed by atoms with Crippen LogP contribution in [0.2, 0.25) is 0 Å². The maximum atomic E-state index is 5.19. The number of rotatable bonds is 7. The average Bonchev–Trinajstić information content (AvgIpc) is 2.07. The topological polar surface area (TPSA) is 21.7 Å². The van der Waals surface area contributed by atoms with Gasteiger partial charge in [-0.25, -0.2) is 4.67 Å². The molecule has 0 spiro atoms. The molecule has 0 bridgehead atoms. The molecule has 0 aliphatic rings. The second-order valence-electron chi connectivity index (χ2n) is 1.92. The van der Waals surface area contributed by atoms with Crippen molar-refractivity contribution in [2.75, 3.05) is 13.1 Å². The number of hydrogen-bond donors (Lipinski definition) is 0. The fraction of sp³-hybridized carbons (Fsp3) is 0.500. The molecule has 12 heavy (non-hydrogen) atoms. The molecule has 4 heteroatoms. The fourth-order valence-corrected chi connectivity index (χ4v) is 1.77. The lowest BCUT2D eigenvalue weighted by Crippen LogP contribution is -2.17. The highest BCUT2D eigenvalue weighted by Gasteiger charge is 2.18. The first-order valence-electron chi connectivity index (χ1n) is 3.90. The molecule has 0 heterocycles. The van der Waals surface area contributed by atoms with Crippen molar-refractivity contribution in [2.45, 2.75) is 13.8 Å². The van der Waals surface area contributed by atoms with Gasteiger partial charge in [-0.05, 0) is 0 Å². The zero-order valence-electron chi connectivity index (χ0n) is 7.69. The summed E-state index contributed by atoms with van der Waals surface area (Å²) in [7, 11) is -1.03. The monoisotopic (exact) mass is 189 g/mol. The molecule has 0 aromatic heterocycles. The summed E-state index contributed by atoms with van der Waals surface area (Å²) < 4.78 is 12.4. The summed E-state index contributed by atoms with van der Waals surface area (Å²) in [5.41, 5.74) is 0. The van der Waals surface area contributed by atoms with E-state index in [1.54, 1.807) is 0 Å². The predicted molar refractivity (Wildman–Crippen MR) is 52.4 cm³/mol. The maximum absolute atomic E-state index is 5.19. The van der Waals surface area contributed by atoms with Crippen LogP contribution in [0.15, 0.2) is 25.7 Å². The van der Waals surface area contributed by atoms with E-state index >= 15 is 0 Å². The van der Waals surface area contributed by atoms with Crippen molar-refractivity contribution in [1.29, 1.82) is 0 Å². The van der Waals surface area contributed by atoms with Gasteiger partial charge in [-0.2, -0.15) is 0 Å². The van der Waals surface area contributed by atoms with Gasteiger partial charge in [0.25, 0.3) is 0 Å². The summed E-state index contributed by atoms with van der Waals surface area (Å²) >= 11 is 0. The quantitative estimate of drug-likeness (QED) is 0.454. The van der Waals surface area contributed by atoms with Crippen molar-refractivity contribution in [1.82, 2.24) is 4.67 Å². The third-order valence-electron chi connectivity index (χ3n) is 1.29. The predicted octanol–water partition coefficient (Wildman–Crippen LogP) is 2.88. The van der Waals surface area contributed by atoms with E-state index in [4.69, 9.17) is 9.05 Å². The Morgan fingerprint density at radius 3 is 1.83 bits per heavy atom. The van der Waals surface area contributed by atoms with Gasteiger partial charge >= 0.3 is 8.53 Å². The molecular weight excluding hydrogens is 173 g/mol.